The van der Waals surface area contributed by atoms with Crippen LogP contribution in [-0.2, 0) is 14.3 Å². The van der Waals surface area contributed by atoms with Crippen molar-refractivity contribution in [2.45, 2.75) is 19.3 Å². The molecule has 0 aromatic rings. The molecule has 0 aromatic carbocycles. The molecule has 6 nitrogen and oxygen atoms in total. The molecule has 1 aliphatic heterocycles. The molecule has 2 rings (SSSR count). The highest BCUT2D eigenvalue weighted by atomic mass is 16.5. The Morgan fingerprint density at radius 3 is 2.67 bits per heavy atom. The van der Waals surface area contributed by atoms with E-state index in [1.54, 1.807) is 6.08 Å². The molecule has 1 N–H and O–H groups in total. The monoisotopic (exact) mass is 252 g/mol. The summed E-state index contributed by atoms with van der Waals surface area (Å²) in [7, 11) is 0. The molecular formula is C12H16N2O4. The number of nitrogens with one attached hydrogen (secondary N) is 1. The minimum Gasteiger partial charge on any atom is -0.379 e. The van der Waals surface area contributed by atoms with Gasteiger partial charge >= 0.3 is 6.03 Å². The molecule has 1 spiro atoms. The van der Waals surface area contributed by atoms with Crippen LogP contribution in [0.2, 0.25) is 0 Å². The lowest BCUT2D eigenvalue weighted by atomic mass is 10.0. The maximum absolute atomic E-state index is 12.0. The first kappa shape index (κ1) is 12.8. The summed E-state index contributed by atoms with van der Waals surface area (Å²) in [6.07, 6.45) is 3.51. The number of nitrogens with zero attached hydrogens (tertiary/aromatic N) is 1. The number of hydrogen-bond donors (Lipinski definition) is 1. The van der Waals surface area contributed by atoms with Crippen LogP contribution in [0.5, 0.6) is 0 Å². The smallest absolute Gasteiger partial charge is 0.330 e. The molecule has 1 aliphatic carbocycles. The molecule has 1 heterocycles. The van der Waals surface area contributed by atoms with Gasteiger partial charge in [-0.3, -0.25) is 19.8 Å². The highest BCUT2D eigenvalue weighted by molar-refractivity contribution is 6.20. The summed E-state index contributed by atoms with van der Waals surface area (Å²) in [6.45, 7) is 4.53. The number of rotatable bonds is 6. The lowest BCUT2D eigenvalue weighted by Gasteiger charge is -2.29. The second kappa shape index (κ2) is 4.89. The second-order valence-electron chi connectivity index (χ2n) is 4.49. The van der Waals surface area contributed by atoms with E-state index in [2.05, 4.69) is 11.9 Å². The number of urea groups is 1. The summed E-state index contributed by atoms with van der Waals surface area (Å²) < 4.78 is 5.26. The van der Waals surface area contributed by atoms with Gasteiger partial charge in [0.25, 0.3) is 0 Å². The van der Waals surface area contributed by atoms with Gasteiger partial charge in [0.05, 0.1) is 19.8 Å². The van der Waals surface area contributed by atoms with E-state index in [1.807, 2.05) is 0 Å². The predicted molar refractivity (Wildman–Crippen MR) is 62.6 cm³/mol. The van der Waals surface area contributed by atoms with E-state index in [9.17, 15) is 14.4 Å². The van der Waals surface area contributed by atoms with Crippen molar-refractivity contribution in [1.82, 2.24) is 10.2 Å². The highest BCUT2D eigenvalue weighted by Gasteiger charge is 2.62. The first-order valence-electron chi connectivity index (χ1n) is 5.98. The van der Waals surface area contributed by atoms with Crippen molar-refractivity contribution in [3.05, 3.63) is 12.7 Å². The van der Waals surface area contributed by atoms with E-state index < -0.39 is 17.4 Å². The summed E-state index contributed by atoms with van der Waals surface area (Å²) in [4.78, 5) is 36.2. The van der Waals surface area contributed by atoms with Crippen LogP contribution in [0.4, 0.5) is 4.79 Å². The number of amides is 4. The predicted octanol–water partition coefficient (Wildman–Crippen LogP) is 0.438. The van der Waals surface area contributed by atoms with Gasteiger partial charge in [-0.1, -0.05) is 6.08 Å². The molecule has 0 aromatic heterocycles. The van der Waals surface area contributed by atoms with Gasteiger partial charge in [-0.05, 0) is 19.3 Å². The van der Waals surface area contributed by atoms with Crippen molar-refractivity contribution in [3.8, 4) is 0 Å². The third kappa shape index (κ3) is 2.15. The van der Waals surface area contributed by atoms with Crippen LogP contribution in [0.1, 0.15) is 19.3 Å². The van der Waals surface area contributed by atoms with Gasteiger partial charge in [-0.15, -0.1) is 6.58 Å². The van der Waals surface area contributed by atoms with E-state index in [0.29, 0.717) is 19.4 Å². The lowest BCUT2D eigenvalue weighted by Crippen LogP contribution is -2.59. The van der Waals surface area contributed by atoms with Crippen LogP contribution in [0.3, 0.4) is 0 Å². The standard InChI is InChI=1S/C12H16N2O4/c1-2-3-7-18-8-6-14-10(16)12(4-5-12)9(15)13-11(14)17/h2H,1,3-8H2,(H,13,15,17). The van der Waals surface area contributed by atoms with E-state index >= 15 is 0 Å². The van der Waals surface area contributed by atoms with Gasteiger partial charge in [0.1, 0.15) is 5.41 Å². The minimum absolute atomic E-state index is 0.177. The van der Waals surface area contributed by atoms with Gasteiger partial charge in [0, 0.05) is 0 Å². The third-order valence-corrected chi connectivity index (χ3v) is 3.23. The maximum Gasteiger partial charge on any atom is 0.330 e. The fraction of sp³-hybridized carbons (Fsp3) is 0.583. The Hall–Kier alpha value is -1.69. The SMILES string of the molecule is C=CCCOCCN1C(=O)NC(=O)C2(CC2)C1=O. The third-order valence-electron chi connectivity index (χ3n) is 3.23. The van der Waals surface area contributed by atoms with Gasteiger partial charge in [0.2, 0.25) is 11.8 Å². The van der Waals surface area contributed by atoms with Crippen molar-refractivity contribution in [2.75, 3.05) is 19.8 Å². The van der Waals surface area contributed by atoms with Gasteiger partial charge in [-0.2, -0.15) is 0 Å². The van der Waals surface area contributed by atoms with Crippen LogP contribution in [-0.4, -0.2) is 42.5 Å². The lowest BCUT2D eigenvalue weighted by molar-refractivity contribution is -0.145. The summed E-state index contributed by atoms with van der Waals surface area (Å²) in [5.41, 5.74) is -0.963. The first-order chi connectivity index (χ1) is 8.62. The molecule has 0 unspecified atom stereocenters. The summed E-state index contributed by atoms with van der Waals surface area (Å²) >= 11 is 0. The van der Waals surface area contributed by atoms with Gasteiger partial charge in [-0.25, -0.2) is 4.79 Å². The Labute approximate surface area is 105 Å². The summed E-state index contributed by atoms with van der Waals surface area (Å²) in [6, 6.07) is -0.644. The second-order valence-corrected chi connectivity index (χ2v) is 4.49. The van der Waals surface area contributed by atoms with E-state index in [1.165, 1.54) is 0 Å². The van der Waals surface area contributed by atoms with Crippen LogP contribution in [0.15, 0.2) is 12.7 Å². The van der Waals surface area contributed by atoms with Crippen LogP contribution >= 0.6 is 0 Å². The van der Waals surface area contributed by atoms with Crippen molar-refractivity contribution in [2.24, 2.45) is 5.41 Å². The van der Waals surface area contributed by atoms with Crippen molar-refractivity contribution in [1.29, 1.82) is 0 Å². The molecule has 2 fully saturated rings. The number of ether oxygens (including phenoxy) is 1. The topological polar surface area (TPSA) is 75.7 Å². The van der Waals surface area contributed by atoms with Crippen molar-refractivity contribution < 1.29 is 19.1 Å². The molecule has 4 amide bonds. The Bertz CT molecular complexity index is 401. The van der Waals surface area contributed by atoms with Gasteiger partial charge < -0.3 is 4.74 Å². The fourth-order valence-corrected chi connectivity index (χ4v) is 1.93. The van der Waals surface area contributed by atoms with E-state index in [0.717, 1.165) is 11.3 Å². The Balaban J connectivity index is 1.87. The molecule has 0 radical (unpaired) electrons. The Morgan fingerprint density at radius 2 is 2.06 bits per heavy atom. The number of hydrogen-bond acceptors (Lipinski definition) is 4. The summed E-state index contributed by atoms with van der Waals surface area (Å²) in [5.74, 6) is -0.843. The normalized spacial score (nSPS) is 21.1. The molecule has 1 saturated carbocycles. The zero-order valence-corrected chi connectivity index (χ0v) is 10.1. The van der Waals surface area contributed by atoms with Crippen LogP contribution < -0.4 is 5.32 Å². The average molecular weight is 252 g/mol. The number of carbonyl (C=O) groups is 3. The Kier molecular flexibility index (Phi) is 3.47. The largest absolute Gasteiger partial charge is 0.379 e. The zero-order valence-electron chi connectivity index (χ0n) is 10.1. The molecule has 2 aliphatic rings. The van der Waals surface area contributed by atoms with E-state index in [4.69, 9.17) is 4.74 Å². The fourth-order valence-electron chi connectivity index (χ4n) is 1.93. The zero-order chi connectivity index (χ0) is 13.2. The van der Waals surface area contributed by atoms with Crippen molar-refractivity contribution >= 4 is 17.8 Å². The van der Waals surface area contributed by atoms with Crippen LogP contribution in [0, 0.1) is 5.41 Å². The highest BCUT2D eigenvalue weighted by Crippen LogP contribution is 2.48. The molecule has 98 valence electrons. The quantitative estimate of drug-likeness (QED) is 0.423. The Morgan fingerprint density at radius 1 is 1.33 bits per heavy atom. The van der Waals surface area contributed by atoms with Crippen LogP contribution in [0.25, 0.3) is 0 Å². The van der Waals surface area contributed by atoms with E-state index in [-0.39, 0.29) is 19.1 Å². The average Bonchev–Trinajstić information content (AvgIpc) is 3.12. The molecule has 6 heteroatoms. The number of barbiturate groups is 1. The molecule has 0 atom stereocenters. The van der Waals surface area contributed by atoms with Gasteiger partial charge in [0.15, 0.2) is 0 Å². The molecule has 0 bridgehead atoms. The number of imide groups is 2. The number of carbonyl (C=O) groups excluding carboxylic acids is 3. The van der Waals surface area contributed by atoms with Crippen molar-refractivity contribution in [3.63, 3.8) is 0 Å². The molecule has 18 heavy (non-hydrogen) atoms. The summed E-state index contributed by atoms with van der Waals surface area (Å²) in [5, 5.41) is 2.22. The first-order valence-corrected chi connectivity index (χ1v) is 5.98. The maximum atomic E-state index is 12.0. The molecular weight excluding hydrogens is 236 g/mol. The minimum atomic E-state index is -0.963. The molecule has 1 saturated heterocycles.